The largest absolute Gasteiger partial charge is 0.478 e. The molecule has 0 radical (unpaired) electrons. The van der Waals surface area contributed by atoms with Crippen LogP contribution in [-0.4, -0.2) is 31.9 Å². The molecule has 0 spiro atoms. The lowest BCUT2D eigenvalue weighted by Gasteiger charge is -2.09. The van der Waals surface area contributed by atoms with Crippen LogP contribution in [0, 0.1) is 0 Å². The van der Waals surface area contributed by atoms with Gasteiger partial charge in [0.25, 0.3) is 0 Å². The standard InChI is InChI=1S/C9H11NO6S2/c10-6-1-2-8(7(5-6)9(11)12)16-18(13,14)15-3-4-17/h1-2,5,17H,3-4,10H2,(H,11,12). The second-order valence-corrected chi connectivity index (χ2v) is 4.76. The molecule has 3 N–H and O–H groups in total. The highest BCUT2D eigenvalue weighted by molar-refractivity contribution is 7.82. The third kappa shape index (κ3) is 4.09. The summed E-state index contributed by atoms with van der Waals surface area (Å²) in [5.74, 6) is -1.55. The van der Waals surface area contributed by atoms with Gasteiger partial charge in [-0.2, -0.15) is 21.0 Å². The van der Waals surface area contributed by atoms with Crippen molar-refractivity contribution >= 4 is 34.7 Å². The number of hydrogen-bond acceptors (Lipinski definition) is 7. The Hall–Kier alpha value is -1.45. The first-order chi connectivity index (χ1) is 8.35. The zero-order chi connectivity index (χ0) is 13.8. The SMILES string of the molecule is Nc1ccc(OS(=O)(=O)OCCS)c(C(=O)O)c1. The molecule has 0 aliphatic heterocycles. The summed E-state index contributed by atoms with van der Waals surface area (Å²) in [6.45, 7) is -0.178. The summed E-state index contributed by atoms with van der Waals surface area (Å²) in [4.78, 5) is 10.9. The predicted molar refractivity (Wildman–Crippen MR) is 67.2 cm³/mol. The van der Waals surface area contributed by atoms with E-state index in [2.05, 4.69) is 21.0 Å². The van der Waals surface area contributed by atoms with E-state index in [1.165, 1.54) is 6.07 Å². The zero-order valence-corrected chi connectivity index (χ0v) is 10.8. The molecule has 1 aromatic rings. The van der Waals surface area contributed by atoms with E-state index in [-0.39, 0.29) is 29.4 Å². The topological polar surface area (TPSA) is 116 Å². The van der Waals surface area contributed by atoms with Crippen molar-refractivity contribution in [3.05, 3.63) is 23.8 Å². The number of nitrogens with two attached hydrogens (primary N) is 1. The molecule has 0 atom stereocenters. The average Bonchev–Trinajstić information content (AvgIpc) is 2.28. The van der Waals surface area contributed by atoms with Crippen molar-refractivity contribution in [2.75, 3.05) is 18.1 Å². The number of benzene rings is 1. The van der Waals surface area contributed by atoms with Gasteiger partial charge in [0.15, 0.2) is 5.75 Å². The van der Waals surface area contributed by atoms with Crippen LogP contribution in [0.25, 0.3) is 0 Å². The minimum absolute atomic E-state index is 0.174. The molecular formula is C9H11NO6S2. The fourth-order valence-electron chi connectivity index (χ4n) is 1.06. The molecule has 1 rings (SSSR count). The van der Waals surface area contributed by atoms with Gasteiger partial charge in [-0.3, -0.25) is 0 Å². The van der Waals surface area contributed by atoms with E-state index < -0.39 is 16.4 Å². The van der Waals surface area contributed by atoms with E-state index in [1.54, 1.807) is 0 Å². The van der Waals surface area contributed by atoms with Crippen LogP contribution in [0.1, 0.15) is 10.4 Å². The first-order valence-corrected chi connectivity index (χ1v) is 6.65. The second kappa shape index (κ2) is 5.94. The number of anilines is 1. The van der Waals surface area contributed by atoms with E-state index in [4.69, 9.17) is 10.8 Å². The van der Waals surface area contributed by atoms with Crippen LogP contribution in [0.3, 0.4) is 0 Å². The van der Waals surface area contributed by atoms with Gasteiger partial charge in [-0.1, -0.05) is 0 Å². The maximum absolute atomic E-state index is 11.3. The van der Waals surface area contributed by atoms with Crippen molar-refractivity contribution in [2.45, 2.75) is 0 Å². The smallest absolute Gasteiger partial charge is 0.449 e. The summed E-state index contributed by atoms with van der Waals surface area (Å²) in [7, 11) is -4.32. The Morgan fingerprint density at radius 3 is 2.67 bits per heavy atom. The van der Waals surface area contributed by atoms with E-state index in [1.807, 2.05) is 0 Å². The Morgan fingerprint density at radius 2 is 2.11 bits per heavy atom. The van der Waals surface area contributed by atoms with Crippen molar-refractivity contribution in [1.29, 1.82) is 0 Å². The van der Waals surface area contributed by atoms with Gasteiger partial charge in [0.05, 0.1) is 6.61 Å². The Kier molecular flexibility index (Phi) is 4.82. The fraction of sp³-hybridized carbons (Fsp3) is 0.222. The van der Waals surface area contributed by atoms with Crippen LogP contribution < -0.4 is 9.92 Å². The molecule has 9 heteroatoms. The fourth-order valence-corrected chi connectivity index (χ4v) is 1.98. The highest BCUT2D eigenvalue weighted by Gasteiger charge is 2.19. The summed E-state index contributed by atoms with van der Waals surface area (Å²) in [5, 5.41) is 8.88. The first-order valence-electron chi connectivity index (χ1n) is 4.68. The maximum Gasteiger partial charge on any atom is 0.449 e. The van der Waals surface area contributed by atoms with E-state index in [9.17, 15) is 13.2 Å². The number of carbonyl (C=O) groups is 1. The summed E-state index contributed by atoms with van der Waals surface area (Å²) >= 11 is 3.77. The Labute approximate surface area is 109 Å². The van der Waals surface area contributed by atoms with Crippen LogP contribution in [-0.2, 0) is 14.6 Å². The molecule has 0 saturated carbocycles. The number of aromatic carboxylic acids is 1. The molecule has 100 valence electrons. The lowest BCUT2D eigenvalue weighted by Crippen LogP contribution is -2.16. The minimum atomic E-state index is -4.32. The molecule has 0 aromatic heterocycles. The lowest BCUT2D eigenvalue weighted by atomic mass is 10.2. The van der Waals surface area contributed by atoms with Crippen molar-refractivity contribution in [3.63, 3.8) is 0 Å². The van der Waals surface area contributed by atoms with Crippen molar-refractivity contribution in [2.24, 2.45) is 0 Å². The van der Waals surface area contributed by atoms with Crippen molar-refractivity contribution in [1.82, 2.24) is 0 Å². The Balaban J connectivity index is 3.01. The van der Waals surface area contributed by atoms with E-state index in [0.29, 0.717) is 0 Å². The molecule has 7 nitrogen and oxygen atoms in total. The van der Waals surface area contributed by atoms with Crippen LogP contribution in [0.15, 0.2) is 18.2 Å². The van der Waals surface area contributed by atoms with E-state index >= 15 is 0 Å². The van der Waals surface area contributed by atoms with Gasteiger partial charge in [-0.15, -0.1) is 0 Å². The van der Waals surface area contributed by atoms with Crippen LogP contribution >= 0.6 is 12.6 Å². The Morgan fingerprint density at radius 1 is 1.44 bits per heavy atom. The number of carboxylic acids is 1. The number of thiol groups is 1. The molecular weight excluding hydrogens is 282 g/mol. The number of carboxylic acid groups (broad SMARTS) is 1. The van der Waals surface area contributed by atoms with Crippen LogP contribution in [0.4, 0.5) is 5.69 Å². The molecule has 0 amide bonds. The second-order valence-electron chi connectivity index (χ2n) is 3.10. The van der Waals surface area contributed by atoms with Crippen LogP contribution in [0.5, 0.6) is 5.75 Å². The van der Waals surface area contributed by atoms with Gasteiger partial charge >= 0.3 is 16.4 Å². The van der Waals surface area contributed by atoms with Crippen LogP contribution in [0.2, 0.25) is 0 Å². The van der Waals surface area contributed by atoms with Gasteiger partial charge in [0.1, 0.15) is 5.56 Å². The van der Waals surface area contributed by atoms with Gasteiger partial charge in [-0.25, -0.2) is 8.98 Å². The molecule has 0 saturated heterocycles. The van der Waals surface area contributed by atoms with Gasteiger partial charge in [0, 0.05) is 11.4 Å². The van der Waals surface area contributed by atoms with Crippen molar-refractivity contribution in [3.8, 4) is 5.75 Å². The van der Waals surface area contributed by atoms with E-state index in [0.717, 1.165) is 12.1 Å². The highest BCUT2D eigenvalue weighted by Crippen LogP contribution is 2.23. The molecule has 18 heavy (non-hydrogen) atoms. The average molecular weight is 293 g/mol. The Bertz CT molecular complexity index is 542. The summed E-state index contributed by atoms with van der Waals surface area (Å²) in [6.07, 6.45) is 0. The monoisotopic (exact) mass is 293 g/mol. The zero-order valence-electron chi connectivity index (χ0n) is 9.07. The number of hydrogen-bond donors (Lipinski definition) is 3. The molecule has 0 fully saturated rings. The number of rotatable bonds is 6. The van der Waals surface area contributed by atoms with Gasteiger partial charge in [-0.05, 0) is 18.2 Å². The highest BCUT2D eigenvalue weighted by atomic mass is 32.3. The van der Waals surface area contributed by atoms with Gasteiger partial charge in [0.2, 0.25) is 0 Å². The maximum atomic E-state index is 11.3. The molecule has 0 bridgehead atoms. The molecule has 0 unspecified atom stereocenters. The first kappa shape index (κ1) is 14.6. The minimum Gasteiger partial charge on any atom is -0.478 e. The normalized spacial score (nSPS) is 11.2. The molecule has 0 heterocycles. The summed E-state index contributed by atoms with van der Waals surface area (Å²) < 4.78 is 31.6. The lowest BCUT2D eigenvalue weighted by molar-refractivity contribution is 0.0695. The third-order valence-electron chi connectivity index (χ3n) is 1.74. The van der Waals surface area contributed by atoms with Gasteiger partial charge < -0.3 is 15.0 Å². The third-order valence-corrected chi connectivity index (χ3v) is 2.77. The quantitative estimate of drug-likeness (QED) is 0.517. The van der Waals surface area contributed by atoms with Crippen molar-refractivity contribution < 1.29 is 26.7 Å². The molecule has 1 aromatic carbocycles. The summed E-state index contributed by atoms with van der Waals surface area (Å²) in [6, 6.07) is 3.54. The summed E-state index contributed by atoms with van der Waals surface area (Å²) in [5.41, 5.74) is 5.21. The predicted octanol–water partition coefficient (Wildman–Crippen LogP) is 0.537. The molecule has 0 aliphatic rings. The molecule has 0 aliphatic carbocycles. The number of nitrogen functional groups attached to an aromatic ring is 1.